The van der Waals surface area contributed by atoms with Crippen LogP contribution in [0.4, 0.5) is 0 Å². The fraction of sp³-hybridized carbons (Fsp3) is 0.550. The number of para-hydroxylation sites is 1. The molecule has 1 aromatic carbocycles. The normalized spacial score (nSPS) is 15.3. The van der Waals surface area contributed by atoms with Gasteiger partial charge in [-0.1, -0.05) is 32.9 Å². The molecular formula is C20H28BNO7. The number of nitrogens with one attached hydrogen (secondary N) is 1. The van der Waals surface area contributed by atoms with Crippen LogP contribution in [0.2, 0.25) is 0 Å². The summed E-state index contributed by atoms with van der Waals surface area (Å²) in [6, 6.07) is 5.10. The summed E-state index contributed by atoms with van der Waals surface area (Å²) in [5, 5.41) is 2.86. The molecule has 1 N–H and O–H groups in total. The summed E-state index contributed by atoms with van der Waals surface area (Å²) in [5.41, 5.74) is 0.964. The Bertz CT molecular complexity index is 736. The average molecular weight is 405 g/mol. The Morgan fingerprint density at radius 2 is 1.93 bits per heavy atom. The highest BCUT2D eigenvalue weighted by Gasteiger charge is 2.39. The molecule has 158 valence electrons. The van der Waals surface area contributed by atoms with Crippen molar-refractivity contribution in [3.63, 3.8) is 0 Å². The van der Waals surface area contributed by atoms with E-state index >= 15 is 0 Å². The second-order valence-electron chi connectivity index (χ2n) is 6.77. The lowest BCUT2D eigenvalue weighted by Crippen LogP contribution is -2.54. The fourth-order valence-corrected chi connectivity index (χ4v) is 3.18. The lowest BCUT2D eigenvalue weighted by Gasteiger charge is -2.30. The van der Waals surface area contributed by atoms with Crippen LogP contribution in [-0.2, 0) is 30.1 Å². The number of benzene rings is 1. The summed E-state index contributed by atoms with van der Waals surface area (Å²) in [6.07, 6.45) is 2.13. The van der Waals surface area contributed by atoms with Crippen LogP contribution in [0.15, 0.2) is 18.2 Å². The van der Waals surface area contributed by atoms with Crippen LogP contribution in [0.3, 0.4) is 0 Å². The Morgan fingerprint density at radius 3 is 2.55 bits per heavy atom. The first-order chi connectivity index (χ1) is 13.9. The summed E-state index contributed by atoms with van der Waals surface area (Å²) in [5.74, 6) is -1.39. The maximum absolute atomic E-state index is 12.5. The summed E-state index contributed by atoms with van der Waals surface area (Å²) in [7, 11) is 0.735. The van der Waals surface area contributed by atoms with Gasteiger partial charge in [-0.15, -0.1) is 0 Å². The summed E-state index contributed by atoms with van der Waals surface area (Å²) < 4.78 is 21.3. The lowest BCUT2D eigenvalue weighted by molar-refractivity contribution is -0.157. The van der Waals surface area contributed by atoms with Crippen LogP contribution in [0, 0.1) is 5.92 Å². The molecule has 0 saturated heterocycles. The van der Waals surface area contributed by atoms with Gasteiger partial charge in [-0.3, -0.25) is 9.59 Å². The molecule has 9 heteroatoms. The van der Waals surface area contributed by atoms with E-state index in [0.29, 0.717) is 31.4 Å². The van der Waals surface area contributed by atoms with Crippen LogP contribution in [0.1, 0.15) is 56.0 Å². The average Bonchev–Trinajstić information content (AvgIpc) is 2.73. The topological polar surface area (TPSA) is 100 Å². The van der Waals surface area contributed by atoms with E-state index in [-0.39, 0.29) is 29.3 Å². The van der Waals surface area contributed by atoms with Crippen molar-refractivity contribution in [2.75, 3.05) is 13.9 Å². The third-order valence-electron chi connectivity index (χ3n) is 4.93. The zero-order valence-corrected chi connectivity index (χ0v) is 17.4. The van der Waals surface area contributed by atoms with Crippen molar-refractivity contribution in [1.29, 1.82) is 0 Å². The molecule has 1 amide bonds. The van der Waals surface area contributed by atoms with E-state index in [9.17, 15) is 14.4 Å². The highest BCUT2D eigenvalue weighted by molar-refractivity contribution is 6.48. The van der Waals surface area contributed by atoms with E-state index in [0.717, 1.165) is 5.56 Å². The van der Waals surface area contributed by atoms with Crippen molar-refractivity contribution in [1.82, 2.24) is 5.32 Å². The summed E-state index contributed by atoms with van der Waals surface area (Å²) >= 11 is 0. The molecule has 0 aromatic heterocycles. The van der Waals surface area contributed by atoms with Crippen molar-refractivity contribution in [3.05, 3.63) is 29.3 Å². The van der Waals surface area contributed by atoms with Gasteiger partial charge in [0.15, 0.2) is 0 Å². The number of carbonyl (C=O) groups excluding carboxylic acids is 3. The number of esters is 2. The number of ether oxygens (including phenoxy) is 2. The van der Waals surface area contributed by atoms with Crippen molar-refractivity contribution in [2.24, 2.45) is 5.92 Å². The lowest BCUT2D eigenvalue weighted by atomic mass is 9.71. The van der Waals surface area contributed by atoms with Gasteiger partial charge in [0, 0.05) is 13.5 Å². The maximum atomic E-state index is 12.5. The molecule has 0 unspecified atom stereocenters. The van der Waals surface area contributed by atoms with Crippen LogP contribution in [0.25, 0.3) is 0 Å². The second kappa shape index (κ2) is 10.9. The smallest absolute Gasteiger partial charge is 0.534 e. The van der Waals surface area contributed by atoms with E-state index in [4.69, 9.17) is 18.8 Å². The molecule has 1 aromatic rings. The van der Waals surface area contributed by atoms with E-state index in [2.05, 4.69) is 5.32 Å². The monoisotopic (exact) mass is 405 g/mol. The third-order valence-corrected chi connectivity index (χ3v) is 4.93. The van der Waals surface area contributed by atoms with Crippen molar-refractivity contribution >= 4 is 25.0 Å². The minimum Gasteiger partial charge on any atom is -0.534 e. The van der Waals surface area contributed by atoms with Gasteiger partial charge in [0.05, 0.1) is 11.9 Å². The van der Waals surface area contributed by atoms with Gasteiger partial charge in [-0.25, -0.2) is 4.79 Å². The maximum Gasteiger partial charge on any atom is 0.549 e. The predicted octanol–water partition coefficient (Wildman–Crippen LogP) is 2.28. The Hall–Kier alpha value is -2.55. The van der Waals surface area contributed by atoms with Crippen molar-refractivity contribution in [2.45, 2.75) is 52.4 Å². The Balaban J connectivity index is 2.07. The summed E-state index contributed by atoms with van der Waals surface area (Å²) in [4.78, 5) is 36.2. The minimum absolute atomic E-state index is 0.112. The van der Waals surface area contributed by atoms with Gasteiger partial charge in [0.1, 0.15) is 11.3 Å². The van der Waals surface area contributed by atoms with Crippen LogP contribution < -0.4 is 9.97 Å². The number of amides is 1. The van der Waals surface area contributed by atoms with E-state index < -0.39 is 19.9 Å². The standard InChI is InChI=1S/C20H28BNO7/c1-5-13(6-2)19(24)27-12-28-20(25)15-10-8-9-14-11-16(22-17(23)7-3)21(26-4)29-18(14)15/h8-10,13,16H,5-7,11-12H2,1-4H3,(H,22,23)/t16-/m0/s1. The Labute approximate surface area is 171 Å². The van der Waals surface area contributed by atoms with E-state index in [1.54, 1.807) is 19.1 Å². The summed E-state index contributed by atoms with van der Waals surface area (Å²) in [6.45, 7) is 5.11. The molecule has 1 aliphatic rings. The zero-order chi connectivity index (χ0) is 21.4. The highest BCUT2D eigenvalue weighted by Crippen LogP contribution is 2.31. The third kappa shape index (κ3) is 5.73. The van der Waals surface area contributed by atoms with Gasteiger partial charge >= 0.3 is 19.1 Å². The van der Waals surface area contributed by atoms with Gasteiger partial charge in [0.2, 0.25) is 12.7 Å². The molecule has 0 aliphatic carbocycles. The minimum atomic E-state index is -0.736. The molecule has 1 heterocycles. The van der Waals surface area contributed by atoms with Crippen molar-refractivity contribution < 1.29 is 33.2 Å². The first kappa shape index (κ1) is 22.7. The molecule has 1 aliphatic heterocycles. The number of fused-ring (bicyclic) bond motifs is 1. The van der Waals surface area contributed by atoms with Gasteiger partial charge in [0.25, 0.3) is 0 Å². The molecule has 1 atom stereocenters. The van der Waals surface area contributed by atoms with Crippen LogP contribution >= 0.6 is 0 Å². The van der Waals surface area contributed by atoms with Gasteiger partial charge in [-0.05, 0) is 30.9 Å². The highest BCUT2D eigenvalue weighted by atomic mass is 16.7. The number of hydrogen-bond donors (Lipinski definition) is 1. The van der Waals surface area contributed by atoms with Gasteiger partial charge in [-0.2, -0.15) is 0 Å². The predicted molar refractivity (Wildman–Crippen MR) is 106 cm³/mol. The molecule has 2 rings (SSSR count). The molecule has 0 radical (unpaired) electrons. The number of hydrogen-bond acceptors (Lipinski definition) is 7. The fourth-order valence-electron chi connectivity index (χ4n) is 3.18. The Kier molecular flexibility index (Phi) is 8.51. The van der Waals surface area contributed by atoms with Gasteiger partial charge < -0.3 is 24.1 Å². The number of carbonyl (C=O) groups is 3. The molecule has 0 saturated carbocycles. The van der Waals surface area contributed by atoms with Crippen molar-refractivity contribution in [3.8, 4) is 5.75 Å². The SMILES string of the molecule is CCC(=O)N[C@H]1Cc2cccc(C(=O)OCOC(=O)C(CC)CC)c2OB1OC. The Morgan fingerprint density at radius 1 is 1.21 bits per heavy atom. The van der Waals surface area contributed by atoms with E-state index in [1.807, 2.05) is 19.9 Å². The first-order valence-corrected chi connectivity index (χ1v) is 9.89. The molecule has 0 bridgehead atoms. The molecule has 29 heavy (non-hydrogen) atoms. The number of rotatable bonds is 9. The molecular weight excluding hydrogens is 377 g/mol. The molecule has 8 nitrogen and oxygen atoms in total. The quantitative estimate of drug-likeness (QED) is 0.382. The largest absolute Gasteiger partial charge is 0.549 e. The molecule has 0 spiro atoms. The van der Waals surface area contributed by atoms with Crippen LogP contribution in [-0.4, -0.2) is 44.8 Å². The van der Waals surface area contributed by atoms with E-state index in [1.165, 1.54) is 7.11 Å². The first-order valence-electron chi connectivity index (χ1n) is 9.89. The van der Waals surface area contributed by atoms with Crippen LogP contribution in [0.5, 0.6) is 5.75 Å². The zero-order valence-electron chi connectivity index (χ0n) is 17.4. The molecule has 0 fully saturated rings. The second-order valence-corrected chi connectivity index (χ2v) is 6.77.